The van der Waals surface area contributed by atoms with E-state index >= 15 is 0 Å². The van der Waals surface area contributed by atoms with Crippen LogP contribution in [0.15, 0.2) is 42.5 Å². The van der Waals surface area contributed by atoms with Crippen molar-refractivity contribution in [3.63, 3.8) is 0 Å². The lowest BCUT2D eigenvalue weighted by Crippen LogP contribution is -2.12. The zero-order valence-electron chi connectivity index (χ0n) is 12.9. The van der Waals surface area contributed by atoms with Crippen LogP contribution in [0.3, 0.4) is 0 Å². The number of ether oxygens (including phenoxy) is 1. The number of hydrogen-bond donors (Lipinski definition) is 1. The molecule has 0 atom stereocenters. The van der Waals surface area contributed by atoms with Crippen molar-refractivity contribution in [2.24, 2.45) is 0 Å². The highest BCUT2D eigenvalue weighted by atomic mass is 16.5. The number of fused-ring (bicyclic) bond motifs is 1. The molecule has 2 aromatic carbocycles. The van der Waals surface area contributed by atoms with E-state index in [4.69, 9.17) is 4.74 Å². The van der Waals surface area contributed by atoms with Crippen LogP contribution >= 0.6 is 0 Å². The van der Waals surface area contributed by atoms with E-state index in [1.54, 1.807) is 12.1 Å². The first-order valence-corrected chi connectivity index (χ1v) is 7.92. The van der Waals surface area contributed by atoms with E-state index in [1.807, 2.05) is 18.2 Å². The molecule has 0 unspecified atom stereocenters. The number of carbonyl (C=O) groups excluding carboxylic acids is 1. The van der Waals surface area contributed by atoms with Gasteiger partial charge in [-0.15, -0.1) is 0 Å². The third-order valence-corrected chi connectivity index (χ3v) is 3.95. The van der Waals surface area contributed by atoms with Crippen LogP contribution in [0, 0.1) is 0 Å². The number of nitrogens with one attached hydrogen (secondary N) is 1. The van der Waals surface area contributed by atoms with E-state index in [1.165, 1.54) is 17.5 Å². The molecule has 2 aromatic rings. The number of aryl methyl sites for hydroxylation is 2. The second kappa shape index (κ2) is 6.65. The molecule has 0 heterocycles. The van der Waals surface area contributed by atoms with E-state index in [0.29, 0.717) is 12.2 Å². The number of benzene rings is 2. The maximum atomic E-state index is 12.3. The van der Waals surface area contributed by atoms with Gasteiger partial charge < -0.3 is 10.1 Å². The molecule has 3 heteroatoms. The molecule has 0 saturated carbocycles. The summed E-state index contributed by atoms with van der Waals surface area (Å²) in [5, 5.41) is 2.97. The third kappa shape index (κ3) is 3.30. The van der Waals surface area contributed by atoms with E-state index in [9.17, 15) is 4.79 Å². The SMILES string of the molecule is CCCOc1ccc(C(=O)Nc2ccc3c(c2)CCC3)cc1. The first-order valence-electron chi connectivity index (χ1n) is 7.92. The average molecular weight is 295 g/mol. The second-order valence-corrected chi connectivity index (χ2v) is 5.66. The molecule has 0 fully saturated rings. The molecule has 1 amide bonds. The molecule has 0 aliphatic heterocycles. The minimum Gasteiger partial charge on any atom is -0.494 e. The Morgan fingerprint density at radius 2 is 1.86 bits per heavy atom. The van der Waals surface area contributed by atoms with Gasteiger partial charge >= 0.3 is 0 Å². The lowest BCUT2D eigenvalue weighted by molar-refractivity contribution is 0.102. The molecule has 114 valence electrons. The van der Waals surface area contributed by atoms with Gasteiger partial charge in [0.05, 0.1) is 6.61 Å². The predicted molar refractivity (Wildman–Crippen MR) is 88.6 cm³/mol. The van der Waals surface area contributed by atoms with Gasteiger partial charge in [-0.05, 0) is 73.2 Å². The Morgan fingerprint density at radius 3 is 2.64 bits per heavy atom. The lowest BCUT2D eigenvalue weighted by atomic mass is 10.1. The number of anilines is 1. The highest BCUT2D eigenvalue weighted by Gasteiger charge is 2.12. The van der Waals surface area contributed by atoms with Gasteiger partial charge in [-0.2, -0.15) is 0 Å². The van der Waals surface area contributed by atoms with Crippen LogP contribution in [0.25, 0.3) is 0 Å². The van der Waals surface area contributed by atoms with Crippen molar-refractivity contribution in [3.05, 3.63) is 59.2 Å². The molecule has 0 aromatic heterocycles. The van der Waals surface area contributed by atoms with E-state index in [-0.39, 0.29) is 5.91 Å². The molecular formula is C19H21NO2. The Morgan fingerprint density at radius 1 is 1.09 bits per heavy atom. The molecule has 0 spiro atoms. The molecule has 0 saturated heterocycles. The normalized spacial score (nSPS) is 12.8. The molecular weight excluding hydrogens is 274 g/mol. The summed E-state index contributed by atoms with van der Waals surface area (Å²) in [4.78, 5) is 12.3. The smallest absolute Gasteiger partial charge is 0.255 e. The predicted octanol–water partition coefficient (Wildman–Crippen LogP) is 4.22. The van der Waals surface area contributed by atoms with Crippen LogP contribution < -0.4 is 10.1 Å². The van der Waals surface area contributed by atoms with Crippen molar-refractivity contribution in [2.45, 2.75) is 32.6 Å². The summed E-state index contributed by atoms with van der Waals surface area (Å²) in [7, 11) is 0. The zero-order chi connectivity index (χ0) is 15.4. The van der Waals surface area contributed by atoms with Gasteiger partial charge in [0.1, 0.15) is 5.75 Å². The second-order valence-electron chi connectivity index (χ2n) is 5.66. The fourth-order valence-corrected chi connectivity index (χ4v) is 2.78. The van der Waals surface area contributed by atoms with Crippen LogP contribution in [0.1, 0.15) is 41.3 Å². The molecule has 1 aliphatic carbocycles. The van der Waals surface area contributed by atoms with Crippen molar-refractivity contribution in [2.75, 3.05) is 11.9 Å². The van der Waals surface area contributed by atoms with Crippen molar-refractivity contribution in [1.29, 1.82) is 0 Å². The first-order chi connectivity index (χ1) is 10.8. The van der Waals surface area contributed by atoms with E-state index in [0.717, 1.165) is 30.7 Å². The maximum absolute atomic E-state index is 12.3. The lowest BCUT2D eigenvalue weighted by Gasteiger charge is -2.09. The summed E-state index contributed by atoms with van der Waals surface area (Å²) in [5.74, 6) is 0.718. The average Bonchev–Trinajstić information content (AvgIpc) is 3.01. The summed E-state index contributed by atoms with van der Waals surface area (Å²) in [6.07, 6.45) is 4.46. The summed E-state index contributed by atoms with van der Waals surface area (Å²) in [6, 6.07) is 13.5. The van der Waals surface area contributed by atoms with Crippen molar-refractivity contribution in [3.8, 4) is 5.75 Å². The maximum Gasteiger partial charge on any atom is 0.255 e. The fourth-order valence-electron chi connectivity index (χ4n) is 2.78. The van der Waals surface area contributed by atoms with Crippen LogP contribution in [-0.4, -0.2) is 12.5 Å². The van der Waals surface area contributed by atoms with Gasteiger partial charge in [0.25, 0.3) is 5.91 Å². The summed E-state index contributed by atoms with van der Waals surface area (Å²) in [5.41, 5.74) is 4.29. The van der Waals surface area contributed by atoms with Gasteiger partial charge in [-0.25, -0.2) is 0 Å². The van der Waals surface area contributed by atoms with Crippen LogP contribution in [-0.2, 0) is 12.8 Å². The van der Waals surface area contributed by atoms with E-state index in [2.05, 4.69) is 24.4 Å². The molecule has 1 N–H and O–H groups in total. The summed E-state index contributed by atoms with van der Waals surface area (Å²) in [6.45, 7) is 2.76. The molecule has 0 radical (unpaired) electrons. The Kier molecular flexibility index (Phi) is 4.42. The van der Waals surface area contributed by atoms with Crippen molar-refractivity contribution < 1.29 is 9.53 Å². The monoisotopic (exact) mass is 295 g/mol. The van der Waals surface area contributed by atoms with E-state index < -0.39 is 0 Å². The van der Waals surface area contributed by atoms with Crippen LogP contribution in [0.2, 0.25) is 0 Å². The summed E-state index contributed by atoms with van der Waals surface area (Å²) < 4.78 is 5.53. The number of carbonyl (C=O) groups is 1. The molecule has 22 heavy (non-hydrogen) atoms. The third-order valence-electron chi connectivity index (χ3n) is 3.95. The fraction of sp³-hybridized carbons (Fsp3) is 0.316. The number of amides is 1. The molecule has 3 nitrogen and oxygen atoms in total. The molecule has 1 aliphatic rings. The Bertz CT molecular complexity index is 662. The zero-order valence-corrected chi connectivity index (χ0v) is 12.9. The van der Waals surface area contributed by atoms with Crippen LogP contribution in [0.4, 0.5) is 5.69 Å². The molecule has 0 bridgehead atoms. The number of rotatable bonds is 5. The highest BCUT2D eigenvalue weighted by Crippen LogP contribution is 2.25. The van der Waals surface area contributed by atoms with Gasteiger partial charge in [-0.1, -0.05) is 13.0 Å². The standard InChI is InChI=1S/C19H21NO2/c1-2-12-22-18-10-7-15(8-11-18)19(21)20-17-9-6-14-4-3-5-16(14)13-17/h6-11,13H,2-5,12H2,1H3,(H,20,21). The summed E-state index contributed by atoms with van der Waals surface area (Å²) >= 11 is 0. The van der Waals surface area contributed by atoms with Gasteiger partial charge in [-0.3, -0.25) is 4.79 Å². The van der Waals surface area contributed by atoms with Crippen molar-refractivity contribution in [1.82, 2.24) is 0 Å². The highest BCUT2D eigenvalue weighted by molar-refractivity contribution is 6.04. The minimum absolute atomic E-state index is 0.0833. The first kappa shape index (κ1) is 14.6. The van der Waals surface area contributed by atoms with Gasteiger partial charge in [0, 0.05) is 11.3 Å². The minimum atomic E-state index is -0.0833. The number of hydrogen-bond acceptors (Lipinski definition) is 2. The van der Waals surface area contributed by atoms with Crippen molar-refractivity contribution >= 4 is 11.6 Å². The topological polar surface area (TPSA) is 38.3 Å². The van der Waals surface area contributed by atoms with Crippen LogP contribution in [0.5, 0.6) is 5.75 Å². The van der Waals surface area contributed by atoms with Gasteiger partial charge in [0.15, 0.2) is 0 Å². The Hall–Kier alpha value is -2.29. The quantitative estimate of drug-likeness (QED) is 0.897. The Balaban J connectivity index is 1.66. The largest absolute Gasteiger partial charge is 0.494 e. The molecule has 3 rings (SSSR count). The Labute approximate surface area is 131 Å². The van der Waals surface area contributed by atoms with Gasteiger partial charge in [0.2, 0.25) is 0 Å².